The third-order valence-electron chi connectivity index (χ3n) is 3.18. The molecule has 0 N–H and O–H groups in total. The third-order valence-corrected chi connectivity index (χ3v) is 3.18. The summed E-state index contributed by atoms with van der Waals surface area (Å²) in [5.74, 6) is 0.275. The Kier molecular flexibility index (Phi) is 3.62. The lowest BCUT2D eigenvalue weighted by atomic mass is 10.1. The molecular formula is C15H19NO. The maximum atomic E-state index is 10.9. The summed E-state index contributed by atoms with van der Waals surface area (Å²) in [6.45, 7) is 4.77. The van der Waals surface area contributed by atoms with E-state index in [1.165, 1.54) is 16.5 Å². The van der Waals surface area contributed by atoms with Crippen molar-refractivity contribution in [3.63, 3.8) is 0 Å². The van der Waals surface area contributed by atoms with E-state index in [2.05, 4.69) is 42.0 Å². The van der Waals surface area contributed by atoms with E-state index in [1.807, 2.05) is 0 Å². The van der Waals surface area contributed by atoms with Crippen LogP contribution in [-0.4, -0.2) is 10.4 Å². The number of nitrogens with zero attached hydrogens (tertiary/aromatic N) is 1. The smallest absolute Gasteiger partial charge is 0.129 e. The van der Waals surface area contributed by atoms with Crippen LogP contribution in [0.25, 0.3) is 10.9 Å². The summed E-state index contributed by atoms with van der Waals surface area (Å²) in [4.78, 5) is 10.9. The lowest BCUT2D eigenvalue weighted by molar-refractivity contribution is -0.117. The highest BCUT2D eigenvalue weighted by Gasteiger charge is 2.05. The number of hydrogen-bond donors (Lipinski definition) is 0. The van der Waals surface area contributed by atoms with Crippen molar-refractivity contribution >= 4 is 16.7 Å². The summed E-state index contributed by atoms with van der Waals surface area (Å²) in [6, 6.07) is 8.60. The van der Waals surface area contributed by atoms with Gasteiger partial charge in [-0.3, -0.25) is 0 Å². The first kappa shape index (κ1) is 11.9. The second kappa shape index (κ2) is 5.17. The molecule has 2 aromatic rings. The number of ketones is 1. The highest BCUT2D eigenvalue weighted by Crippen LogP contribution is 2.21. The molecule has 1 aromatic heterocycles. The van der Waals surface area contributed by atoms with E-state index in [1.54, 1.807) is 6.92 Å². The molecule has 0 aliphatic rings. The Bertz CT molecular complexity index is 525. The number of rotatable bonds is 5. The Labute approximate surface area is 102 Å². The molecule has 0 aliphatic heterocycles. The minimum absolute atomic E-state index is 0.275. The lowest BCUT2D eigenvalue weighted by Gasteiger charge is -2.08. The van der Waals surface area contributed by atoms with Gasteiger partial charge in [-0.15, -0.1) is 0 Å². The molecular weight excluding hydrogens is 210 g/mol. The zero-order valence-electron chi connectivity index (χ0n) is 10.6. The van der Waals surface area contributed by atoms with Crippen LogP contribution >= 0.6 is 0 Å². The fraction of sp³-hybridized carbons (Fsp3) is 0.400. The highest BCUT2D eigenvalue weighted by molar-refractivity contribution is 5.83. The molecule has 0 bridgehead atoms. The molecule has 2 nitrogen and oxygen atoms in total. The maximum Gasteiger partial charge on any atom is 0.129 e. The van der Waals surface area contributed by atoms with Crippen LogP contribution in [0, 0.1) is 0 Å². The fourth-order valence-electron chi connectivity index (χ4n) is 2.31. The van der Waals surface area contributed by atoms with Crippen LogP contribution in [0.4, 0.5) is 0 Å². The molecule has 0 saturated carbocycles. The minimum atomic E-state index is 0.275. The van der Waals surface area contributed by atoms with Crippen LogP contribution in [0.3, 0.4) is 0 Å². The fourth-order valence-corrected chi connectivity index (χ4v) is 2.31. The average Bonchev–Trinajstić information content (AvgIpc) is 2.72. The van der Waals surface area contributed by atoms with Gasteiger partial charge >= 0.3 is 0 Å². The summed E-state index contributed by atoms with van der Waals surface area (Å²) in [5, 5.41) is 1.30. The molecule has 0 radical (unpaired) electrons. The number of benzene rings is 1. The molecule has 0 aliphatic carbocycles. The van der Waals surface area contributed by atoms with E-state index in [0.717, 1.165) is 19.4 Å². The summed E-state index contributed by atoms with van der Waals surface area (Å²) in [5.41, 5.74) is 2.72. The Morgan fingerprint density at radius 1 is 1.29 bits per heavy atom. The van der Waals surface area contributed by atoms with E-state index in [-0.39, 0.29) is 5.78 Å². The first-order chi connectivity index (χ1) is 8.22. The van der Waals surface area contributed by atoms with Gasteiger partial charge in [0.05, 0.1) is 5.52 Å². The highest BCUT2D eigenvalue weighted by atomic mass is 16.1. The molecule has 1 heterocycles. The largest absolute Gasteiger partial charge is 0.347 e. The van der Waals surface area contributed by atoms with E-state index in [9.17, 15) is 4.79 Å². The van der Waals surface area contributed by atoms with Crippen molar-refractivity contribution in [3.05, 3.63) is 36.0 Å². The van der Waals surface area contributed by atoms with Crippen molar-refractivity contribution < 1.29 is 4.79 Å². The number of aromatic nitrogens is 1. The number of Topliss-reactive ketones (excluding diaryl/α,β-unsaturated/α-hetero) is 1. The van der Waals surface area contributed by atoms with Crippen molar-refractivity contribution in [3.8, 4) is 0 Å². The van der Waals surface area contributed by atoms with E-state index < -0.39 is 0 Å². The van der Waals surface area contributed by atoms with Crippen molar-refractivity contribution in [2.75, 3.05) is 0 Å². The standard InChI is InChI=1S/C15H19NO/c1-3-13-7-4-8-14-9-11-16(15(13)14)10-5-6-12(2)17/h4,7-9,11H,3,5-6,10H2,1-2H3. The molecule has 0 fully saturated rings. The number of aryl methyl sites for hydroxylation is 2. The lowest BCUT2D eigenvalue weighted by Crippen LogP contribution is -2.00. The van der Waals surface area contributed by atoms with Crippen molar-refractivity contribution in [1.29, 1.82) is 0 Å². The number of fused-ring (bicyclic) bond motifs is 1. The summed E-state index contributed by atoms with van der Waals surface area (Å²) < 4.78 is 2.27. The Morgan fingerprint density at radius 3 is 2.82 bits per heavy atom. The van der Waals surface area contributed by atoms with Crippen molar-refractivity contribution in [2.45, 2.75) is 39.7 Å². The average molecular weight is 229 g/mol. The monoisotopic (exact) mass is 229 g/mol. The second-order valence-electron chi connectivity index (χ2n) is 4.52. The summed E-state index contributed by atoms with van der Waals surface area (Å²) >= 11 is 0. The molecule has 0 unspecified atom stereocenters. The van der Waals surface area contributed by atoms with Gasteiger partial charge in [-0.1, -0.05) is 25.1 Å². The van der Waals surface area contributed by atoms with Crippen LogP contribution in [-0.2, 0) is 17.8 Å². The molecule has 0 atom stereocenters. The number of carbonyl (C=O) groups is 1. The first-order valence-corrected chi connectivity index (χ1v) is 6.28. The number of carbonyl (C=O) groups excluding carboxylic acids is 1. The van der Waals surface area contributed by atoms with Gasteiger partial charge in [0.1, 0.15) is 5.78 Å². The SMILES string of the molecule is CCc1cccc2ccn(CCCC(C)=O)c12. The van der Waals surface area contributed by atoms with Gasteiger partial charge in [-0.2, -0.15) is 0 Å². The Morgan fingerprint density at radius 2 is 2.12 bits per heavy atom. The van der Waals surface area contributed by atoms with Crippen molar-refractivity contribution in [2.24, 2.45) is 0 Å². The quantitative estimate of drug-likeness (QED) is 0.768. The normalized spacial score (nSPS) is 10.9. The van der Waals surface area contributed by atoms with Gasteiger partial charge in [0, 0.05) is 19.2 Å². The molecule has 90 valence electrons. The zero-order valence-corrected chi connectivity index (χ0v) is 10.6. The Hall–Kier alpha value is -1.57. The van der Waals surface area contributed by atoms with E-state index >= 15 is 0 Å². The zero-order chi connectivity index (χ0) is 12.3. The van der Waals surface area contributed by atoms with Gasteiger partial charge < -0.3 is 9.36 Å². The van der Waals surface area contributed by atoms with Crippen LogP contribution in [0.2, 0.25) is 0 Å². The molecule has 2 rings (SSSR count). The van der Waals surface area contributed by atoms with Gasteiger partial charge in [0.25, 0.3) is 0 Å². The summed E-state index contributed by atoms with van der Waals surface area (Å²) in [6.07, 6.45) is 4.78. The maximum absolute atomic E-state index is 10.9. The van der Waals surface area contributed by atoms with Gasteiger partial charge in [0.2, 0.25) is 0 Å². The molecule has 1 aromatic carbocycles. The summed E-state index contributed by atoms with van der Waals surface area (Å²) in [7, 11) is 0. The molecule has 0 saturated heterocycles. The third kappa shape index (κ3) is 2.57. The van der Waals surface area contributed by atoms with Crippen LogP contribution in [0.15, 0.2) is 30.5 Å². The molecule has 0 amide bonds. The molecule has 0 spiro atoms. The van der Waals surface area contributed by atoms with Gasteiger partial charge in [-0.05, 0) is 36.8 Å². The van der Waals surface area contributed by atoms with Crippen LogP contribution in [0.5, 0.6) is 0 Å². The first-order valence-electron chi connectivity index (χ1n) is 6.28. The van der Waals surface area contributed by atoms with E-state index in [4.69, 9.17) is 0 Å². The van der Waals surface area contributed by atoms with Crippen molar-refractivity contribution in [1.82, 2.24) is 4.57 Å². The van der Waals surface area contributed by atoms with Gasteiger partial charge in [0.15, 0.2) is 0 Å². The second-order valence-corrected chi connectivity index (χ2v) is 4.52. The van der Waals surface area contributed by atoms with Crippen LogP contribution < -0.4 is 0 Å². The van der Waals surface area contributed by atoms with Gasteiger partial charge in [-0.25, -0.2) is 0 Å². The van der Waals surface area contributed by atoms with Crippen LogP contribution in [0.1, 0.15) is 32.3 Å². The molecule has 2 heteroatoms. The predicted molar refractivity (Wildman–Crippen MR) is 71.2 cm³/mol. The van der Waals surface area contributed by atoms with E-state index in [0.29, 0.717) is 6.42 Å². The number of hydrogen-bond acceptors (Lipinski definition) is 1. The topological polar surface area (TPSA) is 22.0 Å². The molecule has 17 heavy (non-hydrogen) atoms. The number of para-hydroxylation sites is 1. The predicted octanol–water partition coefficient (Wildman–Crippen LogP) is 3.57. The Balaban J connectivity index is 2.25. The minimum Gasteiger partial charge on any atom is -0.347 e.